The molecule has 7 nitrogen and oxygen atoms in total. The van der Waals surface area contributed by atoms with Crippen molar-refractivity contribution >= 4 is 34.9 Å². The van der Waals surface area contributed by atoms with Gasteiger partial charge < -0.3 is 19.9 Å². The molecule has 1 fully saturated rings. The van der Waals surface area contributed by atoms with Crippen molar-refractivity contribution in [1.29, 1.82) is 0 Å². The molecule has 0 atom stereocenters. The van der Waals surface area contributed by atoms with Gasteiger partial charge in [0.05, 0.1) is 11.9 Å². The summed E-state index contributed by atoms with van der Waals surface area (Å²) in [4.78, 5) is 33.1. The highest BCUT2D eigenvalue weighted by atomic mass is 35.5. The zero-order chi connectivity index (χ0) is 22.3. The van der Waals surface area contributed by atoms with Crippen LogP contribution in [0.4, 0.5) is 11.5 Å². The van der Waals surface area contributed by atoms with E-state index in [-0.39, 0.29) is 18.4 Å². The number of nitrogens with zero attached hydrogens (tertiary/aromatic N) is 3. The van der Waals surface area contributed by atoms with Crippen LogP contribution >= 0.6 is 11.6 Å². The lowest BCUT2D eigenvalue weighted by atomic mass is 10.2. The summed E-state index contributed by atoms with van der Waals surface area (Å²) in [5.74, 6) is 1.25. The first-order valence-corrected chi connectivity index (χ1v) is 10.7. The highest BCUT2D eigenvalue weighted by Gasteiger charge is 2.22. The smallest absolute Gasteiger partial charge is 0.260 e. The third-order valence-electron chi connectivity index (χ3n) is 5.17. The quantitative estimate of drug-likeness (QED) is 0.619. The van der Waals surface area contributed by atoms with Gasteiger partial charge in [-0.05, 0) is 48.5 Å². The van der Waals surface area contributed by atoms with Crippen LogP contribution in [0, 0.1) is 0 Å². The molecule has 0 aliphatic carbocycles. The number of benzene rings is 2. The number of pyridine rings is 1. The fraction of sp³-hybridized carbons (Fsp3) is 0.208. The average molecular weight is 451 g/mol. The molecule has 1 aliphatic heterocycles. The Morgan fingerprint density at radius 2 is 1.66 bits per heavy atom. The summed E-state index contributed by atoms with van der Waals surface area (Å²) in [6, 6.07) is 19.7. The zero-order valence-electron chi connectivity index (χ0n) is 17.4. The second kappa shape index (κ2) is 10.2. The molecule has 2 aromatic carbocycles. The molecule has 1 aliphatic rings. The number of amides is 2. The molecule has 1 aromatic heterocycles. The standard InChI is InChI=1S/C24H23ClN4O3/c25-19-8-6-18(7-9-19)24(31)27-20-10-11-22(26-16-20)28-12-14-29(15-13-28)23(30)17-32-21-4-2-1-3-5-21/h1-11,16H,12-15,17H2,(H,27,31). The first kappa shape index (κ1) is 21.6. The van der Waals surface area contributed by atoms with Crippen LogP contribution in [0.3, 0.4) is 0 Å². The van der Waals surface area contributed by atoms with Crippen LogP contribution in [0.25, 0.3) is 0 Å². The number of nitrogens with one attached hydrogen (secondary N) is 1. The fourth-order valence-corrected chi connectivity index (χ4v) is 3.52. The van der Waals surface area contributed by atoms with Crippen molar-refractivity contribution in [2.45, 2.75) is 0 Å². The number of hydrogen-bond acceptors (Lipinski definition) is 5. The normalized spacial score (nSPS) is 13.5. The molecular formula is C24H23ClN4O3. The number of para-hydroxylation sites is 1. The van der Waals surface area contributed by atoms with Crippen molar-refractivity contribution in [3.05, 3.63) is 83.5 Å². The molecule has 2 heterocycles. The van der Waals surface area contributed by atoms with Crippen LogP contribution in [-0.2, 0) is 4.79 Å². The van der Waals surface area contributed by atoms with E-state index in [9.17, 15) is 9.59 Å². The molecule has 0 spiro atoms. The van der Waals surface area contributed by atoms with Gasteiger partial charge in [-0.15, -0.1) is 0 Å². The number of aromatic nitrogens is 1. The van der Waals surface area contributed by atoms with Crippen LogP contribution in [0.5, 0.6) is 5.75 Å². The molecule has 0 unspecified atom stereocenters. The van der Waals surface area contributed by atoms with E-state index in [4.69, 9.17) is 16.3 Å². The van der Waals surface area contributed by atoms with Gasteiger partial charge in [0.25, 0.3) is 11.8 Å². The van der Waals surface area contributed by atoms with E-state index in [1.807, 2.05) is 42.5 Å². The molecule has 0 radical (unpaired) electrons. The summed E-state index contributed by atoms with van der Waals surface area (Å²) in [5.41, 5.74) is 1.14. The summed E-state index contributed by atoms with van der Waals surface area (Å²) >= 11 is 5.86. The predicted molar refractivity (Wildman–Crippen MR) is 124 cm³/mol. The minimum atomic E-state index is -0.221. The Morgan fingerprint density at radius 3 is 2.31 bits per heavy atom. The second-order valence-corrected chi connectivity index (χ2v) is 7.77. The minimum absolute atomic E-state index is 0.0262. The maximum Gasteiger partial charge on any atom is 0.260 e. The Kier molecular flexibility index (Phi) is 6.87. The Labute approximate surface area is 191 Å². The lowest BCUT2D eigenvalue weighted by Crippen LogP contribution is -2.50. The van der Waals surface area contributed by atoms with Gasteiger partial charge in [0.15, 0.2) is 6.61 Å². The Morgan fingerprint density at radius 1 is 0.938 bits per heavy atom. The van der Waals surface area contributed by atoms with Gasteiger partial charge in [0.2, 0.25) is 0 Å². The largest absolute Gasteiger partial charge is 0.484 e. The van der Waals surface area contributed by atoms with E-state index in [2.05, 4.69) is 15.2 Å². The predicted octanol–water partition coefficient (Wildman–Crippen LogP) is 3.71. The zero-order valence-corrected chi connectivity index (χ0v) is 18.2. The number of anilines is 2. The monoisotopic (exact) mass is 450 g/mol. The third-order valence-corrected chi connectivity index (χ3v) is 5.43. The van der Waals surface area contributed by atoms with Gasteiger partial charge in [-0.25, -0.2) is 4.98 Å². The van der Waals surface area contributed by atoms with Gasteiger partial charge in [-0.3, -0.25) is 9.59 Å². The SMILES string of the molecule is O=C(Nc1ccc(N2CCN(C(=O)COc3ccccc3)CC2)nc1)c1ccc(Cl)cc1. The third kappa shape index (κ3) is 5.56. The van der Waals surface area contributed by atoms with Crippen LogP contribution < -0.4 is 15.0 Å². The van der Waals surface area contributed by atoms with Crippen molar-refractivity contribution in [1.82, 2.24) is 9.88 Å². The van der Waals surface area contributed by atoms with Crippen LogP contribution in [0.2, 0.25) is 5.02 Å². The van der Waals surface area contributed by atoms with Crippen molar-refractivity contribution in [3.8, 4) is 5.75 Å². The first-order chi connectivity index (χ1) is 15.6. The molecule has 4 rings (SSSR count). The number of halogens is 1. The van der Waals surface area contributed by atoms with E-state index >= 15 is 0 Å². The van der Waals surface area contributed by atoms with Crippen LogP contribution in [0.1, 0.15) is 10.4 Å². The molecule has 1 N–H and O–H groups in total. The highest BCUT2D eigenvalue weighted by molar-refractivity contribution is 6.30. The number of hydrogen-bond donors (Lipinski definition) is 1. The van der Waals surface area contributed by atoms with Crippen molar-refractivity contribution < 1.29 is 14.3 Å². The van der Waals surface area contributed by atoms with Crippen molar-refractivity contribution in [3.63, 3.8) is 0 Å². The van der Waals surface area contributed by atoms with Crippen LogP contribution in [-0.4, -0.2) is 54.5 Å². The molecule has 0 bridgehead atoms. The van der Waals surface area contributed by atoms with E-state index in [0.717, 1.165) is 5.82 Å². The maximum atomic E-state index is 12.4. The summed E-state index contributed by atoms with van der Waals surface area (Å²) in [6.45, 7) is 2.60. The van der Waals surface area contributed by atoms with Gasteiger partial charge >= 0.3 is 0 Å². The Hall–Kier alpha value is -3.58. The van der Waals surface area contributed by atoms with Gasteiger partial charge in [-0.2, -0.15) is 0 Å². The van der Waals surface area contributed by atoms with E-state index in [1.165, 1.54) is 0 Å². The van der Waals surface area contributed by atoms with Gasteiger partial charge in [0, 0.05) is 36.8 Å². The number of ether oxygens (including phenoxy) is 1. The minimum Gasteiger partial charge on any atom is -0.484 e. The molecule has 0 saturated carbocycles. The van der Waals surface area contributed by atoms with Gasteiger partial charge in [0.1, 0.15) is 11.6 Å². The highest BCUT2D eigenvalue weighted by Crippen LogP contribution is 2.18. The van der Waals surface area contributed by atoms with Crippen molar-refractivity contribution in [2.24, 2.45) is 0 Å². The molecule has 32 heavy (non-hydrogen) atoms. The molecule has 2 amide bonds. The summed E-state index contributed by atoms with van der Waals surface area (Å²) in [5, 5.41) is 3.41. The topological polar surface area (TPSA) is 74.8 Å². The van der Waals surface area contributed by atoms with E-state index in [1.54, 1.807) is 35.4 Å². The summed E-state index contributed by atoms with van der Waals surface area (Å²) in [7, 11) is 0. The Balaban J connectivity index is 1.26. The molecule has 1 saturated heterocycles. The maximum absolute atomic E-state index is 12.4. The second-order valence-electron chi connectivity index (χ2n) is 7.34. The number of rotatable bonds is 6. The van der Waals surface area contributed by atoms with Crippen LogP contribution in [0.15, 0.2) is 72.9 Å². The number of piperazine rings is 1. The molecule has 164 valence electrons. The number of carbonyl (C=O) groups is 2. The lowest BCUT2D eigenvalue weighted by molar-refractivity contribution is -0.133. The Bertz CT molecular complexity index is 1050. The first-order valence-electron chi connectivity index (χ1n) is 10.3. The lowest BCUT2D eigenvalue weighted by Gasteiger charge is -2.35. The number of carbonyl (C=O) groups excluding carboxylic acids is 2. The fourth-order valence-electron chi connectivity index (χ4n) is 3.39. The van der Waals surface area contributed by atoms with Crippen molar-refractivity contribution in [2.75, 3.05) is 43.0 Å². The molecule has 3 aromatic rings. The van der Waals surface area contributed by atoms with E-state index in [0.29, 0.717) is 48.2 Å². The average Bonchev–Trinajstić information content (AvgIpc) is 2.84. The summed E-state index contributed by atoms with van der Waals surface area (Å²) in [6.07, 6.45) is 1.63. The molecule has 8 heteroatoms. The summed E-state index contributed by atoms with van der Waals surface area (Å²) < 4.78 is 5.56. The van der Waals surface area contributed by atoms with Gasteiger partial charge in [-0.1, -0.05) is 29.8 Å². The van der Waals surface area contributed by atoms with E-state index < -0.39 is 0 Å². The molecular weight excluding hydrogens is 428 g/mol.